The zero-order valence-corrected chi connectivity index (χ0v) is 16.5. The Morgan fingerprint density at radius 3 is 2.52 bits per heavy atom. The Kier molecular flexibility index (Phi) is 7.42. The van der Waals surface area contributed by atoms with Crippen molar-refractivity contribution >= 4 is 33.2 Å². The average molecular weight is 438 g/mol. The number of nitrogens with zero attached hydrogens (tertiary/aromatic N) is 1. The minimum atomic E-state index is -0.451. The van der Waals surface area contributed by atoms with Gasteiger partial charge in [-0.2, -0.15) is 0 Å². The standard InChI is InChI=1S/C18H20BrN3O5/c1-3-27-17-15(19)10-12(11-16(17)26-2)18(23)21-9-8-20-13-4-6-14(7-5-13)22(24)25/h4-7,10-11,20H,3,8-9H2,1-2H3,(H,21,23). The summed E-state index contributed by atoms with van der Waals surface area (Å²) in [6.45, 7) is 3.20. The van der Waals surface area contributed by atoms with Gasteiger partial charge in [-0.05, 0) is 47.1 Å². The maximum absolute atomic E-state index is 12.3. The maximum Gasteiger partial charge on any atom is 0.269 e. The molecule has 0 bridgehead atoms. The second kappa shape index (κ2) is 9.77. The zero-order valence-electron chi connectivity index (χ0n) is 15.0. The van der Waals surface area contributed by atoms with Gasteiger partial charge >= 0.3 is 0 Å². The number of anilines is 1. The maximum atomic E-state index is 12.3. The molecule has 2 aromatic rings. The Labute approximate surface area is 165 Å². The average Bonchev–Trinajstić information content (AvgIpc) is 2.66. The predicted molar refractivity (Wildman–Crippen MR) is 106 cm³/mol. The number of rotatable bonds is 9. The number of halogens is 1. The summed E-state index contributed by atoms with van der Waals surface area (Å²) in [4.78, 5) is 22.5. The van der Waals surface area contributed by atoms with E-state index in [4.69, 9.17) is 9.47 Å². The van der Waals surface area contributed by atoms with Crippen molar-refractivity contribution in [1.82, 2.24) is 5.32 Å². The van der Waals surface area contributed by atoms with Crippen LogP contribution in [-0.4, -0.2) is 37.6 Å². The topological polar surface area (TPSA) is 103 Å². The fraction of sp³-hybridized carbons (Fsp3) is 0.278. The summed E-state index contributed by atoms with van der Waals surface area (Å²) in [7, 11) is 1.51. The van der Waals surface area contributed by atoms with Crippen LogP contribution in [0, 0.1) is 10.1 Å². The number of nitro benzene ring substituents is 1. The fourth-order valence-corrected chi connectivity index (χ4v) is 2.88. The Balaban J connectivity index is 1.90. The van der Waals surface area contributed by atoms with E-state index < -0.39 is 4.92 Å². The molecular weight excluding hydrogens is 418 g/mol. The highest BCUT2D eigenvalue weighted by Gasteiger charge is 2.15. The monoisotopic (exact) mass is 437 g/mol. The molecule has 0 aliphatic carbocycles. The number of carbonyl (C=O) groups is 1. The lowest BCUT2D eigenvalue weighted by Crippen LogP contribution is -2.28. The molecule has 8 nitrogen and oxygen atoms in total. The summed E-state index contributed by atoms with van der Waals surface area (Å²) < 4.78 is 11.4. The van der Waals surface area contributed by atoms with Crippen molar-refractivity contribution in [3.8, 4) is 11.5 Å². The molecule has 0 radical (unpaired) electrons. The number of benzene rings is 2. The first-order chi connectivity index (χ1) is 13.0. The van der Waals surface area contributed by atoms with Gasteiger partial charge in [-0.25, -0.2) is 0 Å². The third-order valence-electron chi connectivity index (χ3n) is 3.60. The van der Waals surface area contributed by atoms with Crippen LogP contribution in [0.3, 0.4) is 0 Å². The molecule has 2 N–H and O–H groups in total. The van der Waals surface area contributed by atoms with Gasteiger partial charge in [0.15, 0.2) is 11.5 Å². The number of non-ortho nitro benzene ring substituents is 1. The van der Waals surface area contributed by atoms with E-state index in [2.05, 4.69) is 26.6 Å². The molecule has 0 aliphatic rings. The fourth-order valence-electron chi connectivity index (χ4n) is 2.32. The van der Waals surface area contributed by atoms with Gasteiger partial charge in [-0.1, -0.05) is 0 Å². The molecule has 0 aliphatic heterocycles. The smallest absolute Gasteiger partial charge is 0.269 e. The van der Waals surface area contributed by atoms with Crippen molar-refractivity contribution < 1.29 is 19.2 Å². The van der Waals surface area contributed by atoms with Crippen LogP contribution in [0.4, 0.5) is 11.4 Å². The summed E-state index contributed by atoms with van der Waals surface area (Å²) in [6, 6.07) is 9.37. The largest absolute Gasteiger partial charge is 0.493 e. The predicted octanol–water partition coefficient (Wildman–Crippen LogP) is 3.61. The SMILES string of the molecule is CCOc1c(Br)cc(C(=O)NCCNc2ccc([N+](=O)[O-])cc2)cc1OC. The van der Waals surface area contributed by atoms with Crippen LogP contribution >= 0.6 is 15.9 Å². The molecule has 0 heterocycles. The van der Waals surface area contributed by atoms with Crippen LogP contribution in [0.2, 0.25) is 0 Å². The van der Waals surface area contributed by atoms with Gasteiger partial charge in [0.05, 0.1) is 23.1 Å². The first-order valence-corrected chi connectivity index (χ1v) is 9.02. The highest BCUT2D eigenvalue weighted by atomic mass is 79.9. The Morgan fingerprint density at radius 2 is 1.93 bits per heavy atom. The van der Waals surface area contributed by atoms with Crippen molar-refractivity contribution in [3.05, 3.63) is 56.5 Å². The number of methoxy groups -OCH3 is 1. The van der Waals surface area contributed by atoms with Crippen LogP contribution < -0.4 is 20.1 Å². The van der Waals surface area contributed by atoms with Gasteiger partial charge in [0.25, 0.3) is 11.6 Å². The minimum Gasteiger partial charge on any atom is -0.493 e. The highest BCUT2D eigenvalue weighted by molar-refractivity contribution is 9.10. The third-order valence-corrected chi connectivity index (χ3v) is 4.19. The van der Waals surface area contributed by atoms with E-state index in [0.717, 1.165) is 5.69 Å². The molecule has 2 aromatic carbocycles. The number of amides is 1. The molecule has 1 amide bonds. The van der Waals surface area contributed by atoms with Crippen LogP contribution in [0.25, 0.3) is 0 Å². The highest BCUT2D eigenvalue weighted by Crippen LogP contribution is 2.36. The lowest BCUT2D eigenvalue weighted by molar-refractivity contribution is -0.384. The molecule has 0 fully saturated rings. The van der Waals surface area contributed by atoms with Crippen molar-refractivity contribution in [2.24, 2.45) is 0 Å². The molecule has 144 valence electrons. The summed E-state index contributed by atoms with van der Waals surface area (Å²) in [6.07, 6.45) is 0. The van der Waals surface area contributed by atoms with Gasteiger partial charge in [0.2, 0.25) is 0 Å². The lowest BCUT2D eigenvalue weighted by atomic mass is 10.2. The number of hydrogen-bond donors (Lipinski definition) is 2. The summed E-state index contributed by atoms with van der Waals surface area (Å²) in [5, 5.41) is 16.5. The Bertz CT molecular complexity index is 811. The Hall–Kier alpha value is -2.81. The van der Waals surface area contributed by atoms with Crippen LogP contribution in [0.5, 0.6) is 11.5 Å². The normalized spacial score (nSPS) is 10.2. The second-order valence-electron chi connectivity index (χ2n) is 5.41. The molecule has 0 spiro atoms. The number of nitro groups is 1. The summed E-state index contributed by atoms with van der Waals surface area (Å²) >= 11 is 3.39. The van der Waals surface area contributed by atoms with Gasteiger partial charge in [-0.15, -0.1) is 0 Å². The summed E-state index contributed by atoms with van der Waals surface area (Å²) in [5.41, 5.74) is 1.21. The number of nitrogens with one attached hydrogen (secondary N) is 2. The number of carbonyl (C=O) groups excluding carboxylic acids is 1. The lowest BCUT2D eigenvalue weighted by Gasteiger charge is -2.13. The molecule has 0 unspecified atom stereocenters. The van der Waals surface area contributed by atoms with E-state index in [9.17, 15) is 14.9 Å². The quantitative estimate of drug-likeness (QED) is 0.352. The van der Waals surface area contributed by atoms with E-state index >= 15 is 0 Å². The van der Waals surface area contributed by atoms with E-state index in [-0.39, 0.29) is 11.6 Å². The molecule has 0 aromatic heterocycles. The van der Waals surface area contributed by atoms with Crippen molar-refractivity contribution in [3.63, 3.8) is 0 Å². The molecule has 0 atom stereocenters. The number of ether oxygens (including phenoxy) is 2. The molecule has 0 saturated heterocycles. The van der Waals surface area contributed by atoms with E-state index in [1.54, 1.807) is 24.3 Å². The molecule has 0 saturated carbocycles. The van der Waals surface area contributed by atoms with Gasteiger partial charge < -0.3 is 20.1 Å². The van der Waals surface area contributed by atoms with Crippen molar-refractivity contribution in [2.75, 3.05) is 32.1 Å². The van der Waals surface area contributed by atoms with Crippen LogP contribution in [0.1, 0.15) is 17.3 Å². The van der Waals surface area contributed by atoms with Gasteiger partial charge in [-0.3, -0.25) is 14.9 Å². The van der Waals surface area contributed by atoms with Crippen LogP contribution in [-0.2, 0) is 0 Å². The first kappa shape index (κ1) is 20.5. The van der Waals surface area contributed by atoms with Crippen molar-refractivity contribution in [1.29, 1.82) is 0 Å². The number of hydrogen-bond acceptors (Lipinski definition) is 6. The third kappa shape index (κ3) is 5.58. The van der Waals surface area contributed by atoms with E-state index in [1.165, 1.54) is 19.2 Å². The molecule has 9 heteroatoms. The van der Waals surface area contributed by atoms with Crippen LogP contribution in [0.15, 0.2) is 40.9 Å². The molecular formula is C18H20BrN3O5. The van der Waals surface area contributed by atoms with E-state index in [0.29, 0.717) is 41.2 Å². The molecule has 2 rings (SSSR count). The second-order valence-corrected chi connectivity index (χ2v) is 6.26. The zero-order chi connectivity index (χ0) is 19.8. The molecule has 27 heavy (non-hydrogen) atoms. The Morgan fingerprint density at radius 1 is 1.22 bits per heavy atom. The van der Waals surface area contributed by atoms with E-state index in [1.807, 2.05) is 6.92 Å². The van der Waals surface area contributed by atoms with Crippen molar-refractivity contribution in [2.45, 2.75) is 6.92 Å². The van der Waals surface area contributed by atoms with Gasteiger partial charge in [0, 0.05) is 36.5 Å². The minimum absolute atomic E-state index is 0.0314. The van der Waals surface area contributed by atoms with Gasteiger partial charge in [0.1, 0.15) is 0 Å². The summed E-state index contributed by atoms with van der Waals surface area (Å²) in [5.74, 6) is 0.777. The first-order valence-electron chi connectivity index (χ1n) is 8.23.